The van der Waals surface area contributed by atoms with Crippen LogP contribution in [0.2, 0.25) is 0 Å². The molecule has 0 bridgehead atoms. The second-order valence-corrected chi connectivity index (χ2v) is 0.693. The summed E-state index contributed by atoms with van der Waals surface area (Å²) in [6.07, 6.45) is 0. The fourth-order valence-electron chi connectivity index (χ4n) is 0. The molecule has 0 aromatic carbocycles. The molecule has 0 aliphatic carbocycles. The van der Waals surface area contributed by atoms with E-state index in [2.05, 4.69) is 0 Å². The van der Waals surface area contributed by atoms with E-state index >= 15 is 0 Å². The molecule has 0 rings (SSSR count). The summed E-state index contributed by atoms with van der Waals surface area (Å²) in [5, 5.41) is 43.0. The zero-order valence-electron chi connectivity index (χ0n) is 5.96. The molecule has 0 heterocycles. The van der Waals surface area contributed by atoms with Gasteiger partial charge < -0.3 is 30.1 Å². The predicted molar refractivity (Wildman–Crippen MR) is 24.8 cm³/mol. The fourth-order valence-corrected chi connectivity index (χ4v) is 0. The van der Waals surface area contributed by atoms with Crippen molar-refractivity contribution in [2.24, 2.45) is 0 Å². The summed E-state index contributed by atoms with van der Waals surface area (Å²) in [6, 6.07) is 0. The van der Waals surface area contributed by atoms with Crippen LogP contribution in [0.4, 0.5) is 0 Å². The molecule has 0 atom stereocenters. The van der Waals surface area contributed by atoms with E-state index in [0.29, 0.717) is 0 Å². The first-order chi connectivity index (χ1) is 3.46. The topological polar surface area (TPSA) is 121 Å². The molecular formula is H6B2Cd3O6. The number of rotatable bonds is 0. The largest absolute Gasteiger partial charge is 0.631 e. The van der Waals surface area contributed by atoms with Gasteiger partial charge in [-0.3, -0.25) is 0 Å². The number of hydrogen-bond acceptors (Lipinski definition) is 6. The molecule has 54 valence electrons. The van der Waals surface area contributed by atoms with Gasteiger partial charge in [-0.1, -0.05) is 0 Å². The molecule has 0 fully saturated rings. The molecule has 6 nitrogen and oxygen atoms in total. The average molecular weight is 461 g/mol. The van der Waals surface area contributed by atoms with Crippen molar-refractivity contribution >= 4 is 14.6 Å². The summed E-state index contributed by atoms with van der Waals surface area (Å²) in [4.78, 5) is 0. The normalized spacial score (nSPS) is 4.91. The average Bonchev–Trinajstić information content (AvgIpc) is 1.25. The van der Waals surface area contributed by atoms with Crippen molar-refractivity contribution in [3.05, 3.63) is 0 Å². The van der Waals surface area contributed by atoms with Crippen LogP contribution in [0.3, 0.4) is 0 Å². The zero-order chi connectivity index (χ0) is 7.15. The summed E-state index contributed by atoms with van der Waals surface area (Å²) in [5.74, 6) is 0. The van der Waals surface area contributed by atoms with Crippen LogP contribution in [0.5, 0.6) is 0 Å². The smallest absolute Gasteiger partial charge is 0.402 e. The quantitative estimate of drug-likeness (QED) is 0.204. The first-order valence-corrected chi connectivity index (χ1v) is 1.55. The van der Waals surface area contributed by atoms with E-state index in [1.807, 2.05) is 0 Å². The van der Waals surface area contributed by atoms with Crippen LogP contribution in [-0.4, -0.2) is 44.8 Å². The molecule has 0 saturated heterocycles. The fraction of sp³-hybridized carbons (Fsp3) is 0. The maximum absolute atomic E-state index is 7.17. The molecule has 11 heteroatoms. The van der Waals surface area contributed by atoms with Crippen molar-refractivity contribution in [1.29, 1.82) is 0 Å². The molecule has 0 spiro atoms. The molecular weight excluding hydrogens is 455 g/mol. The van der Waals surface area contributed by atoms with Gasteiger partial charge in [0.25, 0.3) is 0 Å². The SMILES string of the molecule is OB(O)O.OB(O)O.[Cd].[Cd].[Cd]. The molecule has 0 aliphatic rings. The van der Waals surface area contributed by atoms with Gasteiger partial charge in [-0.05, 0) is 0 Å². The van der Waals surface area contributed by atoms with Gasteiger partial charge in [-0.15, -0.1) is 0 Å². The van der Waals surface area contributed by atoms with E-state index in [9.17, 15) is 0 Å². The van der Waals surface area contributed by atoms with Crippen LogP contribution in [0, 0.1) is 0 Å². The molecule has 0 saturated carbocycles. The summed E-state index contributed by atoms with van der Waals surface area (Å²) < 4.78 is 0. The second kappa shape index (κ2) is 22.9. The monoisotopic (exact) mass is 466 g/mol. The van der Waals surface area contributed by atoms with Crippen LogP contribution in [0.15, 0.2) is 0 Å². The van der Waals surface area contributed by atoms with Gasteiger partial charge in [0, 0.05) is 81.9 Å². The zero-order valence-corrected chi connectivity index (χ0v) is 18.1. The van der Waals surface area contributed by atoms with Crippen molar-refractivity contribution in [1.82, 2.24) is 0 Å². The summed E-state index contributed by atoms with van der Waals surface area (Å²) in [7, 11) is -4.33. The Morgan fingerprint density at radius 2 is 0.455 bits per heavy atom. The van der Waals surface area contributed by atoms with E-state index < -0.39 is 14.6 Å². The van der Waals surface area contributed by atoms with Gasteiger partial charge in [0.2, 0.25) is 0 Å². The van der Waals surface area contributed by atoms with Crippen molar-refractivity contribution in [2.75, 3.05) is 0 Å². The van der Waals surface area contributed by atoms with Gasteiger partial charge in [-0.25, -0.2) is 0 Å². The van der Waals surface area contributed by atoms with Crippen molar-refractivity contribution in [2.45, 2.75) is 0 Å². The van der Waals surface area contributed by atoms with E-state index in [4.69, 9.17) is 30.1 Å². The minimum Gasteiger partial charge on any atom is -0.402 e. The van der Waals surface area contributed by atoms with Crippen molar-refractivity contribution in [3.63, 3.8) is 0 Å². The molecule has 11 heavy (non-hydrogen) atoms. The molecule has 0 unspecified atom stereocenters. The summed E-state index contributed by atoms with van der Waals surface area (Å²) in [5.41, 5.74) is 0. The van der Waals surface area contributed by atoms with Crippen LogP contribution in [-0.2, 0) is 81.9 Å². The Balaban J connectivity index is -0.0000000171. The van der Waals surface area contributed by atoms with Gasteiger partial charge in [-0.2, -0.15) is 0 Å². The third-order valence-electron chi connectivity index (χ3n) is 0. The standard InChI is InChI=1S/2BH3O3.3Cd/c2*2-1(3)4;;;/h2*2-4H;;;. The molecule has 0 aromatic heterocycles. The first-order valence-electron chi connectivity index (χ1n) is 1.55. The Bertz CT molecular complexity index is 31.3. The maximum atomic E-state index is 7.17. The van der Waals surface area contributed by atoms with Gasteiger partial charge in [0.15, 0.2) is 0 Å². The summed E-state index contributed by atoms with van der Waals surface area (Å²) in [6.45, 7) is 0. The molecule has 0 radical (unpaired) electrons. The van der Waals surface area contributed by atoms with Crippen LogP contribution >= 0.6 is 0 Å². The van der Waals surface area contributed by atoms with E-state index in [0.717, 1.165) is 0 Å². The van der Waals surface area contributed by atoms with Gasteiger partial charge in [0.1, 0.15) is 0 Å². The van der Waals surface area contributed by atoms with Crippen molar-refractivity contribution in [3.8, 4) is 0 Å². The van der Waals surface area contributed by atoms with Crippen LogP contribution < -0.4 is 0 Å². The van der Waals surface area contributed by atoms with E-state index in [-0.39, 0.29) is 81.9 Å². The Morgan fingerprint density at radius 3 is 0.455 bits per heavy atom. The Hall–Kier alpha value is 2.66. The Labute approximate surface area is 125 Å². The summed E-state index contributed by atoms with van der Waals surface area (Å²) >= 11 is 0. The maximum Gasteiger partial charge on any atom is 0.631 e. The Morgan fingerprint density at radius 1 is 0.455 bits per heavy atom. The molecule has 0 aliphatic heterocycles. The Kier molecular flexibility index (Phi) is 60.9. The van der Waals surface area contributed by atoms with Crippen LogP contribution in [0.25, 0.3) is 0 Å². The molecule has 0 aromatic rings. The van der Waals surface area contributed by atoms with Gasteiger partial charge in [0.05, 0.1) is 0 Å². The third kappa shape index (κ3) is 204. The third-order valence-corrected chi connectivity index (χ3v) is 0. The van der Waals surface area contributed by atoms with E-state index in [1.54, 1.807) is 0 Å². The minimum absolute atomic E-state index is 0. The first kappa shape index (κ1) is 29.2. The molecule has 6 N–H and O–H groups in total. The second-order valence-electron chi connectivity index (χ2n) is 0.693. The minimum atomic E-state index is -2.17. The van der Waals surface area contributed by atoms with Crippen molar-refractivity contribution < 1.29 is 112 Å². The van der Waals surface area contributed by atoms with Crippen LogP contribution in [0.1, 0.15) is 0 Å². The molecule has 0 amide bonds. The van der Waals surface area contributed by atoms with E-state index in [1.165, 1.54) is 0 Å². The number of hydrogen-bond donors (Lipinski definition) is 6. The predicted octanol–water partition coefficient (Wildman–Crippen LogP) is -4.11. The van der Waals surface area contributed by atoms with Gasteiger partial charge >= 0.3 is 14.6 Å².